The van der Waals surface area contributed by atoms with Gasteiger partial charge in [0.25, 0.3) is 0 Å². The molecule has 4 heteroatoms. The Morgan fingerprint density at radius 3 is 2.79 bits per heavy atom. The van der Waals surface area contributed by atoms with Crippen LogP contribution < -0.4 is 0 Å². The lowest BCUT2D eigenvalue weighted by Gasteiger charge is -2.11. The van der Waals surface area contributed by atoms with Crippen molar-refractivity contribution in [1.29, 1.82) is 0 Å². The quantitative estimate of drug-likeness (QED) is 0.700. The van der Waals surface area contributed by atoms with Gasteiger partial charge in [0.2, 0.25) is 0 Å². The molecular weight excluding hydrogens is 185 g/mol. The fourth-order valence-electron chi connectivity index (χ4n) is 1.24. The van der Waals surface area contributed by atoms with E-state index in [4.69, 9.17) is 4.74 Å². The van der Waals surface area contributed by atoms with Crippen molar-refractivity contribution in [2.24, 2.45) is 0 Å². The normalized spacial score (nSPS) is 10.6. The number of rotatable bonds is 3. The van der Waals surface area contributed by atoms with Crippen LogP contribution in [0.4, 0.5) is 4.39 Å². The van der Waals surface area contributed by atoms with Crippen LogP contribution in [0.15, 0.2) is 12.3 Å². The van der Waals surface area contributed by atoms with Gasteiger partial charge in [-0.3, -0.25) is 0 Å². The minimum atomic E-state index is -0.481. The standard InChI is InChI=1S/C10H14FNO2/c1-4-14-10(13)9-5-8(11)6-12(9)7(2)3/h5-7H,4H2,1-3H3. The largest absolute Gasteiger partial charge is 0.461 e. The molecule has 0 N–H and O–H groups in total. The Labute approximate surface area is 82.5 Å². The first kappa shape index (κ1) is 10.8. The van der Waals surface area contributed by atoms with Crippen molar-refractivity contribution in [3.8, 4) is 0 Å². The molecule has 1 aromatic heterocycles. The molecule has 0 aliphatic heterocycles. The third-order valence-corrected chi connectivity index (χ3v) is 1.86. The van der Waals surface area contributed by atoms with Crippen LogP contribution in [0.2, 0.25) is 0 Å². The van der Waals surface area contributed by atoms with E-state index in [2.05, 4.69) is 0 Å². The van der Waals surface area contributed by atoms with Crippen molar-refractivity contribution in [2.45, 2.75) is 26.8 Å². The number of hydrogen-bond acceptors (Lipinski definition) is 2. The summed E-state index contributed by atoms with van der Waals surface area (Å²) in [6.45, 7) is 5.77. The Morgan fingerprint density at radius 2 is 2.29 bits per heavy atom. The summed E-state index contributed by atoms with van der Waals surface area (Å²) in [5.41, 5.74) is 0.263. The van der Waals surface area contributed by atoms with E-state index in [9.17, 15) is 9.18 Å². The fraction of sp³-hybridized carbons (Fsp3) is 0.500. The molecule has 0 unspecified atom stereocenters. The van der Waals surface area contributed by atoms with Gasteiger partial charge in [0, 0.05) is 18.3 Å². The van der Waals surface area contributed by atoms with Gasteiger partial charge in [0.1, 0.15) is 11.5 Å². The van der Waals surface area contributed by atoms with Crippen LogP contribution >= 0.6 is 0 Å². The third kappa shape index (κ3) is 2.13. The minimum absolute atomic E-state index is 0.0407. The van der Waals surface area contributed by atoms with Gasteiger partial charge >= 0.3 is 5.97 Å². The first-order valence-corrected chi connectivity index (χ1v) is 4.60. The zero-order chi connectivity index (χ0) is 10.7. The van der Waals surface area contributed by atoms with Gasteiger partial charge in [-0.15, -0.1) is 0 Å². The maximum Gasteiger partial charge on any atom is 0.355 e. The molecule has 0 amide bonds. The summed E-state index contributed by atoms with van der Waals surface area (Å²) in [5, 5.41) is 0. The van der Waals surface area contributed by atoms with Gasteiger partial charge in [0.15, 0.2) is 0 Å². The zero-order valence-corrected chi connectivity index (χ0v) is 8.58. The molecule has 0 fully saturated rings. The van der Waals surface area contributed by atoms with E-state index in [1.807, 2.05) is 13.8 Å². The van der Waals surface area contributed by atoms with E-state index in [0.29, 0.717) is 6.61 Å². The number of esters is 1. The maximum absolute atomic E-state index is 12.9. The highest BCUT2D eigenvalue weighted by Gasteiger charge is 2.16. The Kier molecular flexibility index (Phi) is 3.28. The van der Waals surface area contributed by atoms with Crippen LogP contribution in [0.25, 0.3) is 0 Å². The van der Waals surface area contributed by atoms with Crippen molar-refractivity contribution in [1.82, 2.24) is 4.57 Å². The Morgan fingerprint density at radius 1 is 1.64 bits per heavy atom. The van der Waals surface area contributed by atoms with Crippen LogP contribution in [0.3, 0.4) is 0 Å². The number of carbonyl (C=O) groups excluding carboxylic acids is 1. The number of nitrogens with zero attached hydrogens (tertiary/aromatic N) is 1. The van der Waals surface area contributed by atoms with Crippen molar-refractivity contribution in [2.75, 3.05) is 6.61 Å². The minimum Gasteiger partial charge on any atom is -0.461 e. The van der Waals surface area contributed by atoms with E-state index >= 15 is 0 Å². The summed E-state index contributed by atoms with van der Waals surface area (Å²) in [6.07, 6.45) is 1.30. The fourth-order valence-corrected chi connectivity index (χ4v) is 1.24. The van der Waals surface area contributed by atoms with E-state index in [0.717, 1.165) is 0 Å². The van der Waals surface area contributed by atoms with Crippen LogP contribution in [0.1, 0.15) is 37.3 Å². The summed E-state index contributed by atoms with van der Waals surface area (Å²) < 4.78 is 19.3. The molecule has 0 aliphatic carbocycles. The molecule has 0 aromatic carbocycles. The molecule has 0 atom stereocenters. The maximum atomic E-state index is 12.9. The molecule has 0 aliphatic rings. The molecule has 1 rings (SSSR count). The van der Waals surface area contributed by atoms with Crippen LogP contribution in [-0.4, -0.2) is 17.1 Å². The van der Waals surface area contributed by atoms with E-state index < -0.39 is 11.8 Å². The second kappa shape index (κ2) is 4.26. The second-order valence-corrected chi connectivity index (χ2v) is 3.27. The van der Waals surface area contributed by atoms with Gasteiger partial charge in [-0.25, -0.2) is 9.18 Å². The van der Waals surface area contributed by atoms with E-state index in [1.54, 1.807) is 11.5 Å². The SMILES string of the molecule is CCOC(=O)c1cc(F)cn1C(C)C. The smallest absolute Gasteiger partial charge is 0.355 e. The number of ether oxygens (including phenoxy) is 1. The Balaban J connectivity index is 3.00. The highest BCUT2D eigenvalue weighted by atomic mass is 19.1. The molecule has 0 spiro atoms. The molecular formula is C10H14FNO2. The Bertz CT molecular complexity index is 331. The van der Waals surface area contributed by atoms with Gasteiger partial charge in [-0.2, -0.15) is 0 Å². The zero-order valence-electron chi connectivity index (χ0n) is 8.58. The van der Waals surface area contributed by atoms with Crippen molar-refractivity contribution >= 4 is 5.97 Å². The summed E-state index contributed by atoms with van der Waals surface area (Å²) in [4.78, 5) is 11.4. The highest BCUT2D eigenvalue weighted by molar-refractivity contribution is 5.87. The summed E-state index contributed by atoms with van der Waals surface area (Å²) >= 11 is 0. The van der Waals surface area contributed by atoms with Crippen LogP contribution in [0, 0.1) is 5.82 Å². The molecule has 3 nitrogen and oxygen atoms in total. The summed E-state index contributed by atoms with van der Waals surface area (Å²) in [5.74, 6) is -0.896. The first-order valence-electron chi connectivity index (χ1n) is 4.60. The number of aromatic nitrogens is 1. The van der Waals surface area contributed by atoms with Crippen molar-refractivity contribution < 1.29 is 13.9 Å². The molecule has 1 aromatic rings. The monoisotopic (exact) mass is 199 g/mol. The molecule has 0 saturated carbocycles. The van der Waals surface area contributed by atoms with Crippen molar-refractivity contribution in [3.63, 3.8) is 0 Å². The highest BCUT2D eigenvalue weighted by Crippen LogP contribution is 2.14. The molecule has 1 heterocycles. The van der Waals surface area contributed by atoms with Crippen LogP contribution in [0.5, 0.6) is 0 Å². The molecule has 0 radical (unpaired) electrons. The van der Waals surface area contributed by atoms with E-state index in [1.165, 1.54) is 12.3 Å². The molecule has 14 heavy (non-hydrogen) atoms. The first-order chi connectivity index (χ1) is 6.56. The van der Waals surface area contributed by atoms with Gasteiger partial charge in [-0.1, -0.05) is 0 Å². The summed E-state index contributed by atoms with van der Waals surface area (Å²) in [7, 11) is 0. The van der Waals surface area contributed by atoms with Gasteiger partial charge < -0.3 is 9.30 Å². The average molecular weight is 199 g/mol. The number of carbonyl (C=O) groups is 1. The predicted octanol–water partition coefficient (Wildman–Crippen LogP) is 2.38. The molecule has 0 saturated heterocycles. The number of halogens is 1. The Hall–Kier alpha value is -1.32. The lowest BCUT2D eigenvalue weighted by atomic mass is 10.3. The topological polar surface area (TPSA) is 31.2 Å². The second-order valence-electron chi connectivity index (χ2n) is 3.27. The van der Waals surface area contributed by atoms with Gasteiger partial charge in [0.05, 0.1) is 6.61 Å². The third-order valence-electron chi connectivity index (χ3n) is 1.86. The molecule has 0 bridgehead atoms. The van der Waals surface area contributed by atoms with Gasteiger partial charge in [-0.05, 0) is 20.8 Å². The number of hydrogen-bond donors (Lipinski definition) is 0. The lowest BCUT2D eigenvalue weighted by molar-refractivity contribution is 0.0512. The predicted molar refractivity (Wildman–Crippen MR) is 50.7 cm³/mol. The summed E-state index contributed by atoms with van der Waals surface area (Å²) in [6, 6.07) is 1.23. The van der Waals surface area contributed by atoms with E-state index in [-0.39, 0.29) is 11.7 Å². The van der Waals surface area contributed by atoms with Crippen LogP contribution in [-0.2, 0) is 4.74 Å². The lowest BCUT2D eigenvalue weighted by Crippen LogP contribution is -2.12. The van der Waals surface area contributed by atoms with Crippen molar-refractivity contribution in [3.05, 3.63) is 23.8 Å². The average Bonchev–Trinajstić information content (AvgIpc) is 2.48. The molecule has 78 valence electrons.